The van der Waals surface area contributed by atoms with Gasteiger partial charge in [0.1, 0.15) is 0 Å². The lowest BCUT2D eigenvalue weighted by Crippen LogP contribution is -2.46. The second-order valence-electron chi connectivity index (χ2n) is 5.96. The Morgan fingerprint density at radius 2 is 1.81 bits per heavy atom. The topological polar surface area (TPSA) is 53.6 Å². The fraction of sp³-hybridized carbons (Fsp3) is 0.917. The lowest BCUT2D eigenvalue weighted by Gasteiger charge is -2.25. The van der Waals surface area contributed by atoms with Crippen LogP contribution >= 0.6 is 0 Å². The second-order valence-corrected chi connectivity index (χ2v) is 5.96. The number of hydrogen-bond acceptors (Lipinski definition) is 2. The zero-order chi connectivity index (χ0) is 12.9. The summed E-state index contributed by atoms with van der Waals surface area (Å²) >= 11 is 0. The van der Waals surface area contributed by atoms with Gasteiger partial charge in [0, 0.05) is 12.1 Å². The molecule has 4 heteroatoms. The summed E-state index contributed by atoms with van der Waals surface area (Å²) in [4.78, 5) is 6.68. The molecule has 0 aliphatic rings. The van der Waals surface area contributed by atoms with Crippen molar-refractivity contribution >= 4 is 5.96 Å². The minimum atomic E-state index is -0.0345. The zero-order valence-corrected chi connectivity index (χ0v) is 11.8. The maximum atomic E-state index is 5.89. The van der Waals surface area contributed by atoms with Crippen LogP contribution in [0.25, 0.3) is 0 Å². The fourth-order valence-corrected chi connectivity index (χ4v) is 1.37. The van der Waals surface area contributed by atoms with Crippen molar-refractivity contribution in [1.29, 1.82) is 0 Å². The van der Waals surface area contributed by atoms with E-state index >= 15 is 0 Å². The third kappa shape index (κ3) is 7.51. The lowest BCUT2D eigenvalue weighted by molar-refractivity contribution is 0.330. The van der Waals surface area contributed by atoms with Crippen molar-refractivity contribution < 1.29 is 0 Å². The summed E-state index contributed by atoms with van der Waals surface area (Å²) in [5, 5.41) is 3.19. The van der Waals surface area contributed by atoms with Crippen LogP contribution in [-0.4, -0.2) is 43.1 Å². The Hall–Kier alpha value is -0.770. The number of nitrogens with one attached hydrogen (secondary N) is 1. The van der Waals surface area contributed by atoms with Gasteiger partial charge in [0.25, 0.3) is 0 Å². The van der Waals surface area contributed by atoms with E-state index in [4.69, 9.17) is 5.73 Å². The van der Waals surface area contributed by atoms with Gasteiger partial charge in [-0.05, 0) is 40.8 Å². The van der Waals surface area contributed by atoms with E-state index in [9.17, 15) is 0 Å². The van der Waals surface area contributed by atoms with E-state index < -0.39 is 0 Å². The van der Waals surface area contributed by atoms with Gasteiger partial charge in [-0.15, -0.1) is 0 Å². The molecule has 96 valence electrons. The average Bonchev–Trinajstić information content (AvgIpc) is 1.97. The van der Waals surface area contributed by atoms with Crippen LogP contribution in [0.5, 0.6) is 0 Å². The molecule has 0 saturated heterocycles. The third-order valence-corrected chi connectivity index (χ3v) is 2.13. The molecule has 0 aromatic heterocycles. The van der Waals surface area contributed by atoms with E-state index in [0.717, 1.165) is 6.54 Å². The van der Waals surface area contributed by atoms with E-state index in [1.165, 1.54) is 0 Å². The summed E-state index contributed by atoms with van der Waals surface area (Å²) in [6.45, 7) is 11.5. The van der Waals surface area contributed by atoms with E-state index in [0.29, 0.717) is 11.9 Å². The molecule has 0 aromatic rings. The summed E-state index contributed by atoms with van der Waals surface area (Å²) in [7, 11) is 4.11. The van der Waals surface area contributed by atoms with Crippen LogP contribution in [-0.2, 0) is 0 Å². The second kappa shape index (κ2) is 6.09. The Morgan fingerprint density at radius 3 is 2.12 bits per heavy atom. The molecule has 0 aliphatic heterocycles. The summed E-state index contributed by atoms with van der Waals surface area (Å²) in [6, 6.07) is 0.241. The van der Waals surface area contributed by atoms with E-state index in [1.807, 2.05) is 0 Å². The van der Waals surface area contributed by atoms with Crippen molar-refractivity contribution in [2.24, 2.45) is 16.6 Å². The standard InChI is InChI=1S/C12H28N4/c1-9(2)10(8-16(6)7)14-11(13)15-12(3,4)5/h9-10H,8H2,1-7H3,(H3,13,14,15). The number of nitrogens with two attached hydrogens (primary N) is 1. The number of nitrogens with zero attached hydrogens (tertiary/aromatic N) is 2. The highest BCUT2D eigenvalue weighted by Crippen LogP contribution is 2.07. The van der Waals surface area contributed by atoms with Crippen LogP contribution in [0.3, 0.4) is 0 Å². The highest BCUT2D eigenvalue weighted by Gasteiger charge is 2.15. The van der Waals surface area contributed by atoms with E-state index in [1.54, 1.807) is 0 Å². The van der Waals surface area contributed by atoms with Gasteiger partial charge in [0.15, 0.2) is 5.96 Å². The molecule has 3 N–H and O–H groups in total. The molecule has 0 aliphatic carbocycles. The van der Waals surface area contributed by atoms with Gasteiger partial charge in [-0.1, -0.05) is 13.8 Å². The molecule has 1 atom stereocenters. The van der Waals surface area contributed by atoms with Gasteiger partial charge in [0.2, 0.25) is 0 Å². The Bertz CT molecular complexity index is 226. The Labute approximate surface area is 100 Å². The molecule has 0 spiro atoms. The van der Waals surface area contributed by atoms with Gasteiger partial charge >= 0.3 is 0 Å². The van der Waals surface area contributed by atoms with Crippen molar-refractivity contribution in [2.75, 3.05) is 20.6 Å². The quantitative estimate of drug-likeness (QED) is 0.563. The van der Waals surface area contributed by atoms with Gasteiger partial charge in [-0.2, -0.15) is 0 Å². The number of likely N-dealkylation sites (N-methyl/N-ethyl adjacent to an activating group) is 1. The molecule has 4 nitrogen and oxygen atoms in total. The van der Waals surface area contributed by atoms with Crippen molar-refractivity contribution in [3.63, 3.8) is 0 Å². The van der Waals surface area contributed by atoms with Crippen LogP contribution in [0.15, 0.2) is 4.99 Å². The highest BCUT2D eigenvalue weighted by atomic mass is 15.2. The SMILES string of the molecule is CC(C)C(CN(C)C)N=C(N)NC(C)(C)C. The molecule has 0 fully saturated rings. The third-order valence-electron chi connectivity index (χ3n) is 2.13. The first kappa shape index (κ1) is 15.2. The Balaban J connectivity index is 4.52. The smallest absolute Gasteiger partial charge is 0.189 e. The largest absolute Gasteiger partial charge is 0.370 e. The predicted octanol–water partition coefficient (Wildman–Crippen LogP) is 1.28. The van der Waals surface area contributed by atoms with Crippen LogP contribution in [0.1, 0.15) is 34.6 Å². The number of hydrogen-bond donors (Lipinski definition) is 2. The van der Waals surface area contributed by atoms with Crippen molar-refractivity contribution in [3.8, 4) is 0 Å². The summed E-state index contributed by atoms with van der Waals surface area (Å²) in [5.41, 5.74) is 5.86. The Morgan fingerprint density at radius 1 is 1.31 bits per heavy atom. The van der Waals surface area contributed by atoms with Crippen molar-refractivity contribution in [3.05, 3.63) is 0 Å². The molecule has 0 radical (unpaired) electrons. The van der Waals surface area contributed by atoms with Gasteiger partial charge < -0.3 is 16.0 Å². The molecule has 0 amide bonds. The van der Waals surface area contributed by atoms with Crippen molar-refractivity contribution in [2.45, 2.75) is 46.2 Å². The molecule has 1 unspecified atom stereocenters. The maximum absolute atomic E-state index is 5.89. The molecular formula is C12H28N4. The summed E-state index contributed by atoms with van der Waals surface area (Å²) in [5.74, 6) is 1.02. The molecule has 0 aromatic carbocycles. The van der Waals surface area contributed by atoms with E-state index in [2.05, 4.69) is 63.9 Å². The monoisotopic (exact) mass is 228 g/mol. The first-order chi connectivity index (χ1) is 7.11. The average molecular weight is 228 g/mol. The fourth-order valence-electron chi connectivity index (χ4n) is 1.37. The van der Waals surface area contributed by atoms with Crippen LogP contribution in [0.2, 0.25) is 0 Å². The lowest BCUT2D eigenvalue weighted by atomic mass is 10.0. The minimum Gasteiger partial charge on any atom is -0.370 e. The van der Waals surface area contributed by atoms with Gasteiger partial charge in [-0.25, -0.2) is 4.99 Å². The first-order valence-electron chi connectivity index (χ1n) is 5.88. The summed E-state index contributed by atoms with van der Waals surface area (Å²) < 4.78 is 0. The van der Waals surface area contributed by atoms with Crippen LogP contribution in [0, 0.1) is 5.92 Å². The van der Waals surface area contributed by atoms with Crippen molar-refractivity contribution in [1.82, 2.24) is 10.2 Å². The molecule has 0 rings (SSSR count). The zero-order valence-electron chi connectivity index (χ0n) is 11.8. The normalized spacial score (nSPS) is 15.7. The molecular weight excluding hydrogens is 200 g/mol. The minimum absolute atomic E-state index is 0.0345. The molecule has 0 heterocycles. The molecule has 16 heavy (non-hydrogen) atoms. The van der Waals surface area contributed by atoms with Gasteiger partial charge in [-0.3, -0.25) is 0 Å². The predicted molar refractivity (Wildman–Crippen MR) is 71.7 cm³/mol. The van der Waals surface area contributed by atoms with Crippen LogP contribution in [0.4, 0.5) is 0 Å². The van der Waals surface area contributed by atoms with Crippen LogP contribution < -0.4 is 11.1 Å². The first-order valence-corrected chi connectivity index (χ1v) is 5.88. The molecule has 0 saturated carbocycles. The summed E-state index contributed by atoms with van der Waals surface area (Å²) in [6.07, 6.45) is 0. The maximum Gasteiger partial charge on any atom is 0.189 e. The number of aliphatic imine (C=N–C) groups is 1. The molecule has 0 bridgehead atoms. The van der Waals surface area contributed by atoms with E-state index in [-0.39, 0.29) is 11.6 Å². The number of guanidine groups is 1. The number of rotatable bonds is 4. The Kier molecular flexibility index (Phi) is 5.79. The van der Waals surface area contributed by atoms with Gasteiger partial charge in [0.05, 0.1) is 6.04 Å². The highest BCUT2D eigenvalue weighted by molar-refractivity contribution is 5.78.